The number of rotatable bonds is 7. The van der Waals surface area contributed by atoms with Gasteiger partial charge in [0.15, 0.2) is 0 Å². The molecule has 7 nitrogen and oxygen atoms in total. The molecule has 0 amide bonds. The number of halogens is 1. The smallest absolute Gasteiger partial charge is 0.346 e. The molecule has 0 heterocycles. The minimum Gasteiger partial charge on any atom is -0.389 e. The predicted octanol–water partition coefficient (Wildman–Crippen LogP) is 2.19. The van der Waals surface area contributed by atoms with E-state index in [0.29, 0.717) is 12.0 Å². The number of hydrogen-bond acceptors (Lipinski definition) is 6. The summed E-state index contributed by atoms with van der Waals surface area (Å²) < 4.78 is 32.4. The van der Waals surface area contributed by atoms with Crippen LogP contribution in [-0.2, 0) is 26.0 Å². The zero-order chi connectivity index (χ0) is 20.0. The van der Waals surface area contributed by atoms with Gasteiger partial charge in [0.2, 0.25) is 10.0 Å². The summed E-state index contributed by atoms with van der Waals surface area (Å²) in [7, 11) is -3.88. The molecule has 3 N–H and O–H groups in total. The molecular formula is C18H19IN2O5S. The van der Waals surface area contributed by atoms with E-state index in [-0.39, 0.29) is 4.90 Å². The van der Waals surface area contributed by atoms with Crippen LogP contribution in [0.4, 0.5) is 0 Å². The Balaban J connectivity index is 1.97. The van der Waals surface area contributed by atoms with Crippen molar-refractivity contribution < 1.29 is 22.7 Å². The van der Waals surface area contributed by atoms with Crippen LogP contribution >= 0.6 is 22.6 Å². The second-order valence-corrected chi connectivity index (χ2v) is 8.62. The summed E-state index contributed by atoms with van der Waals surface area (Å²) in [4.78, 5) is 24.1. The maximum absolute atomic E-state index is 12.2. The summed E-state index contributed by atoms with van der Waals surface area (Å²) in [6.07, 6.45) is -1.10. The van der Waals surface area contributed by atoms with Crippen LogP contribution in [-0.4, -0.2) is 26.5 Å². The highest BCUT2D eigenvalue weighted by Gasteiger charge is 2.22. The van der Waals surface area contributed by atoms with Crippen molar-refractivity contribution in [1.82, 2.24) is 4.72 Å². The summed E-state index contributed by atoms with van der Waals surface area (Å²) in [6, 6.07) is 12.9. The Bertz CT molecular complexity index is 929. The van der Waals surface area contributed by atoms with Crippen molar-refractivity contribution in [2.75, 3.05) is 0 Å². The molecule has 9 heteroatoms. The van der Waals surface area contributed by atoms with Gasteiger partial charge >= 0.3 is 11.9 Å². The Morgan fingerprint density at radius 3 is 2.41 bits per heavy atom. The van der Waals surface area contributed by atoms with E-state index >= 15 is 0 Å². The van der Waals surface area contributed by atoms with E-state index in [1.165, 1.54) is 12.1 Å². The molecule has 0 spiro atoms. The third kappa shape index (κ3) is 6.09. The molecule has 144 valence electrons. The van der Waals surface area contributed by atoms with Crippen molar-refractivity contribution in [3.05, 3.63) is 63.2 Å². The first-order valence-electron chi connectivity index (χ1n) is 8.09. The van der Waals surface area contributed by atoms with Gasteiger partial charge in [0.25, 0.3) is 0 Å². The third-order valence-corrected chi connectivity index (χ3v) is 5.87. The van der Waals surface area contributed by atoms with Crippen molar-refractivity contribution in [3.63, 3.8) is 0 Å². The Kier molecular flexibility index (Phi) is 7.48. The van der Waals surface area contributed by atoms with Gasteiger partial charge in [0, 0.05) is 3.57 Å². The number of carbonyl (C=O) groups is 2. The minimum atomic E-state index is -3.88. The number of carbonyl (C=O) groups excluding carboxylic acids is 2. The molecule has 27 heavy (non-hydrogen) atoms. The number of aryl methyl sites for hydroxylation is 1. The molecule has 0 unspecified atom stereocenters. The molecule has 0 saturated heterocycles. The van der Waals surface area contributed by atoms with E-state index in [1.54, 1.807) is 36.4 Å². The first-order valence-corrected chi connectivity index (χ1v) is 10.7. The van der Waals surface area contributed by atoms with Crippen LogP contribution in [0.3, 0.4) is 0 Å². The Morgan fingerprint density at radius 2 is 1.78 bits per heavy atom. The van der Waals surface area contributed by atoms with E-state index in [0.717, 1.165) is 9.13 Å². The monoisotopic (exact) mass is 502 g/mol. The van der Waals surface area contributed by atoms with Gasteiger partial charge in [-0.2, -0.15) is 4.72 Å². The van der Waals surface area contributed by atoms with Crippen LogP contribution in [0.25, 0.3) is 0 Å². The lowest BCUT2D eigenvalue weighted by atomic mass is 10.1. The molecule has 0 saturated carbocycles. The first kappa shape index (κ1) is 21.5. The number of sulfonamides is 1. The first-order chi connectivity index (χ1) is 12.7. The molecule has 2 rings (SSSR count). The lowest BCUT2D eigenvalue weighted by molar-refractivity contribution is -0.138. The van der Waals surface area contributed by atoms with Crippen LogP contribution in [0.2, 0.25) is 0 Å². The normalized spacial score (nSPS) is 12.4. The summed E-state index contributed by atoms with van der Waals surface area (Å²) >= 11 is 2.05. The fourth-order valence-electron chi connectivity index (χ4n) is 2.33. The fraction of sp³-hybridized carbons (Fsp3) is 0.222. The highest BCUT2D eigenvalue weighted by atomic mass is 127. The van der Waals surface area contributed by atoms with Gasteiger partial charge in [-0.15, -0.1) is 0 Å². The average Bonchev–Trinajstić information content (AvgIpc) is 2.61. The molecule has 0 bridgehead atoms. The second-order valence-electron chi connectivity index (χ2n) is 5.66. The highest BCUT2D eigenvalue weighted by Crippen LogP contribution is 2.13. The van der Waals surface area contributed by atoms with Crippen molar-refractivity contribution in [2.45, 2.75) is 30.8 Å². The number of benzene rings is 2. The van der Waals surface area contributed by atoms with Crippen LogP contribution in [0, 0.1) is 3.57 Å². The fourth-order valence-corrected chi connectivity index (χ4v) is 3.80. The second kappa shape index (κ2) is 9.40. The van der Waals surface area contributed by atoms with Crippen molar-refractivity contribution >= 4 is 44.6 Å². The predicted molar refractivity (Wildman–Crippen MR) is 108 cm³/mol. The molecular weight excluding hydrogens is 483 g/mol. The lowest BCUT2D eigenvalue weighted by Crippen LogP contribution is -2.43. The van der Waals surface area contributed by atoms with Gasteiger partial charge < -0.3 is 10.5 Å². The van der Waals surface area contributed by atoms with Gasteiger partial charge in [-0.05, 0) is 64.9 Å². The Morgan fingerprint density at radius 1 is 1.15 bits per heavy atom. The van der Waals surface area contributed by atoms with Crippen LogP contribution < -0.4 is 10.5 Å². The summed E-state index contributed by atoms with van der Waals surface area (Å²) in [5.74, 6) is -1.70. The number of nitrogens with two attached hydrogens (primary N) is 1. The van der Waals surface area contributed by atoms with Gasteiger partial charge in [0.1, 0.15) is 0 Å². The number of nitrogens with one attached hydrogen (secondary N) is 1. The largest absolute Gasteiger partial charge is 0.389 e. The van der Waals surface area contributed by atoms with E-state index in [4.69, 9.17) is 10.5 Å². The maximum Gasteiger partial charge on any atom is 0.346 e. The van der Waals surface area contributed by atoms with Crippen molar-refractivity contribution in [3.8, 4) is 0 Å². The summed E-state index contributed by atoms with van der Waals surface area (Å²) in [5, 5.41) is 0. The molecule has 0 fully saturated rings. The summed E-state index contributed by atoms with van der Waals surface area (Å²) in [5.41, 5.74) is 6.74. The van der Waals surface area contributed by atoms with Crippen LogP contribution in [0.5, 0.6) is 0 Å². The lowest BCUT2D eigenvalue weighted by Gasteiger charge is -2.14. The van der Waals surface area contributed by atoms with E-state index in [1.807, 2.05) is 6.92 Å². The number of hydrogen-bond donors (Lipinski definition) is 2. The topological polar surface area (TPSA) is 116 Å². The quantitative estimate of drug-likeness (QED) is 0.260. The van der Waals surface area contributed by atoms with Gasteiger partial charge in [-0.1, -0.05) is 25.1 Å². The average molecular weight is 502 g/mol. The molecule has 2 aromatic carbocycles. The van der Waals surface area contributed by atoms with Crippen LogP contribution in [0.1, 0.15) is 29.3 Å². The highest BCUT2D eigenvalue weighted by molar-refractivity contribution is 14.1. The number of esters is 2. The number of ether oxygens (including phenoxy) is 1. The SMILES string of the molecule is CCc1ccccc1C(=O)OC(=O)C[C@@H](N)NS(=O)(=O)c1ccc(I)cc1. The molecule has 0 aliphatic carbocycles. The third-order valence-electron chi connectivity index (χ3n) is 3.64. The summed E-state index contributed by atoms with van der Waals surface area (Å²) in [6.45, 7) is 1.88. The zero-order valence-electron chi connectivity index (χ0n) is 14.5. The Hall–Kier alpha value is -1.82. The molecule has 1 atom stereocenters. The molecule has 2 aromatic rings. The van der Waals surface area contributed by atoms with E-state index in [9.17, 15) is 18.0 Å². The van der Waals surface area contributed by atoms with Gasteiger partial charge in [-0.25, -0.2) is 13.2 Å². The molecule has 0 aliphatic rings. The van der Waals surface area contributed by atoms with Gasteiger partial charge in [-0.3, -0.25) is 4.79 Å². The Labute approximate surface area is 171 Å². The van der Waals surface area contributed by atoms with E-state index in [2.05, 4.69) is 27.3 Å². The van der Waals surface area contributed by atoms with Gasteiger partial charge in [0.05, 0.1) is 23.0 Å². The standard InChI is InChI=1S/C18H19IN2O5S/c1-2-12-5-3-4-6-15(12)18(23)26-17(22)11-16(20)21-27(24,25)14-9-7-13(19)8-10-14/h3-10,16,21H,2,11,20H2,1H3/t16-/m0/s1. The molecule has 0 aliphatic heterocycles. The molecule has 0 aromatic heterocycles. The molecule has 0 radical (unpaired) electrons. The van der Waals surface area contributed by atoms with Crippen LogP contribution in [0.15, 0.2) is 53.4 Å². The zero-order valence-corrected chi connectivity index (χ0v) is 17.5. The maximum atomic E-state index is 12.2. The van der Waals surface area contributed by atoms with E-state index < -0.39 is 34.5 Å². The van der Waals surface area contributed by atoms with Crippen molar-refractivity contribution in [2.24, 2.45) is 5.73 Å². The minimum absolute atomic E-state index is 0.0275. The van der Waals surface area contributed by atoms with Crippen molar-refractivity contribution in [1.29, 1.82) is 0 Å².